The van der Waals surface area contributed by atoms with E-state index in [2.05, 4.69) is 12.2 Å². The summed E-state index contributed by atoms with van der Waals surface area (Å²) in [5.74, 6) is 0.439. The van der Waals surface area contributed by atoms with Crippen LogP contribution in [0.2, 0.25) is 0 Å². The Labute approximate surface area is 62.0 Å². The van der Waals surface area contributed by atoms with Crippen molar-refractivity contribution in [2.75, 3.05) is 6.54 Å². The quantitative estimate of drug-likeness (QED) is 0.624. The Morgan fingerprint density at radius 1 is 1.50 bits per heavy atom. The Hall–Kier alpha value is -0.370. The van der Waals surface area contributed by atoms with Crippen LogP contribution in [0.3, 0.4) is 0 Å². The van der Waals surface area contributed by atoms with Crippen molar-refractivity contribution in [3.8, 4) is 0 Å². The molecule has 0 heterocycles. The van der Waals surface area contributed by atoms with E-state index >= 15 is 0 Å². The van der Waals surface area contributed by atoms with E-state index in [0.717, 1.165) is 32.2 Å². The minimum absolute atomic E-state index is 0.439. The van der Waals surface area contributed by atoms with Gasteiger partial charge in [-0.1, -0.05) is 6.92 Å². The molecule has 0 saturated heterocycles. The van der Waals surface area contributed by atoms with Crippen molar-refractivity contribution in [3.63, 3.8) is 0 Å². The van der Waals surface area contributed by atoms with Crippen molar-refractivity contribution >= 4 is 5.78 Å². The van der Waals surface area contributed by atoms with Crippen LogP contribution >= 0.6 is 0 Å². The summed E-state index contributed by atoms with van der Waals surface area (Å²) in [6.45, 7) is 3.13. The molecule has 2 nitrogen and oxygen atoms in total. The maximum Gasteiger partial charge on any atom is 0.133 e. The standard InChI is InChI=1S/C8H15NO/c1-2-9-7-3-5-8(10)6-4-7/h7,9H,2-6H2,1H3. The van der Waals surface area contributed by atoms with Gasteiger partial charge in [0, 0.05) is 18.9 Å². The van der Waals surface area contributed by atoms with Crippen LogP contribution in [0.1, 0.15) is 32.6 Å². The van der Waals surface area contributed by atoms with E-state index in [0.29, 0.717) is 11.8 Å². The fraction of sp³-hybridized carbons (Fsp3) is 0.875. The molecule has 1 rings (SSSR count). The van der Waals surface area contributed by atoms with E-state index in [4.69, 9.17) is 0 Å². The number of hydrogen-bond acceptors (Lipinski definition) is 2. The summed E-state index contributed by atoms with van der Waals surface area (Å²) in [6, 6.07) is 0.614. The predicted molar refractivity (Wildman–Crippen MR) is 40.9 cm³/mol. The van der Waals surface area contributed by atoms with Crippen LogP contribution in [-0.2, 0) is 4.79 Å². The van der Waals surface area contributed by atoms with Gasteiger partial charge in [0.1, 0.15) is 5.78 Å². The van der Waals surface area contributed by atoms with Crippen molar-refractivity contribution in [3.05, 3.63) is 0 Å². The first kappa shape index (κ1) is 7.73. The average Bonchev–Trinajstić information content (AvgIpc) is 1.95. The number of Topliss-reactive ketones (excluding diaryl/α,β-unsaturated/α-hetero) is 1. The van der Waals surface area contributed by atoms with Gasteiger partial charge in [0.25, 0.3) is 0 Å². The van der Waals surface area contributed by atoms with E-state index < -0.39 is 0 Å². The van der Waals surface area contributed by atoms with Crippen LogP contribution in [0.4, 0.5) is 0 Å². The van der Waals surface area contributed by atoms with Gasteiger partial charge in [-0.2, -0.15) is 0 Å². The van der Waals surface area contributed by atoms with Crippen LogP contribution < -0.4 is 5.32 Å². The van der Waals surface area contributed by atoms with Crippen molar-refractivity contribution in [2.24, 2.45) is 0 Å². The molecule has 0 atom stereocenters. The molecule has 1 aliphatic carbocycles. The molecule has 1 fully saturated rings. The van der Waals surface area contributed by atoms with Gasteiger partial charge in [-0.25, -0.2) is 0 Å². The van der Waals surface area contributed by atoms with E-state index in [9.17, 15) is 4.79 Å². The van der Waals surface area contributed by atoms with E-state index in [1.165, 1.54) is 0 Å². The largest absolute Gasteiger partial charge is 0.314 e. The van der Waals surface area contributed by atoms with Gasteiger partial charge in [0.15, 0.2) is 0 Å². The monoisotopic (exact) mass is 141 g/mol. The summed E-state index contributed by atoms with van der Waals surface area (Å²) in [7, 11) is 0. The SMILES string of the molecule is CCNC1CCC(=O)CC1. The first-order chi connectivity index (χ1) is 4.83. The molecule has 1 N–H and O–H groups in total. The van der Waals surface area contributed by atoms with Gasteiger partial charge in [-0.15, -0.1) is 0 Å². The lowest BCUT2D eigenvalue weighted by molar-refractivity contribution is -0.120. The molecule has 10 heavy (non-hydrogen) atoms. The molecule has 0 aromatic heterocycles. The van der Waals surface area contributed by atoms with Gasteiger partial charge < -0.3 is 5.32 Å². The first-order valence-corrected chi connectivity index (χ1v) is 4.08. The third-order valence-electron chi connectivity index (χ3n) is 2.04. The highest BCUT2D eigenvalue weighted by atomic mass is 16.1. The third-order valence-corrected chi connectivity index (χ3v) is 2.04. The first-order valence-electron chi connectivity index (χ1n) is 4.08. The van der Waals surface area contributed by atoms with Crippen molar-refractivity contribution in [1.82, 2.24) is 5.32 Å². The third kappa shape index (κ3) is 2.10. The maximum absolute atomic E-state index is 10.8. The predicted octanol–water partition coefficient (Wildman–Crippen LogP) is 1.11. The molecule has 0 amide bonds. The van der Waals surface area contributed by atoms with Gasteiger partial charge in [0.05, 0.1) is 0 Å². The summed E-state index contributed by atoms with van der Waals surface area (Å²) < 4.78 is 0. The topological polar surface area (TPSA) is 29.1 Å². The van der Waals surface area contributed by atoms with Crippen LogP contribution in [-0.4, -0.2) is 18.4 Å². The number of nitrogens with one attached hydrogen (secondary N) is 1. The Morgan fingerprint density at radius 3 is 2.60 bits per heavy atom. The normalized spacial score (nSPS) is 21.5. The van der Waals surface area contributed by atoms with Crippen LogP contribution in [0.15, 0.2) is 0 Å². The minimum atomic E-state index is 0.439. The van der Waals surface area contributed by atoms with Gasteiger partial charge in [0.2, 0.25) is 0 Å². The zero-order valence-corrected chi connectivity index (χ0v) is 6.52. The van der Waals surface area contributed by atoms with Crippen molar-refractivity contribution in [2.45, 2.75) is 38.6 Å². The van der Waals surface area contributed by atoms with Crippen LogP contribution in [0, 0.1) is 0 Å². The molecule has 0 aromatic rings. The molecule has 0 unspecified atom stereocenters. The second kappa shape index (κ2) is 3.71. The molecule has 0 aromatic carbocycles. The summed E-state index contributed by atoms with van der Waals surface area (Å²) in [6.07, 6.45) is 3.68. The van der Waals surface area contributed by atoms with Crippen LogP contribution in [0.25, 0.3) is 0 Å². The van der Waals surface area contributed by atoms with E-state index in [-0.39, 0.29) is 0 Å². The second-order valence-electron chi connectivity index (χ2n) is 2.87. The van der Waals surface area contributed by atoms with Gasteiger partial charge in [-0.05, 0) is 19.4 Å². The summed E-state index contributed by atoms with van der Waals surface area (Å²) in [5, 5.41) is 3.35. The second-order valence-corrected chi connectivity index (χ2v) is 2.87. The Kier molecular flexibility index (Phi) is 2.87. The fourth-order valence-corrected chi connectivity index (χ4v) is 1.43. The minimum Gasteiger partial charge on any atom is -0.314 e. The Bertz CT molecular complexity index is 112. The van der Waals surface area contributed by atoms with Gasteiger partial charge >= 0.3 is 0 Å². The van der Waals surface area contributed by atoms with E-state index in [1.807, 2.05) is 0 Å². The molecule has 1 aliphatic rings. The smallest absolute Gasteiger partial charge is 0.133 e. The number of carbonyl (C=O) groups is 1. The number of hydrogen-bond donors (Lipinski definition) is 1. The summed E-state index contributed by atoms with van der Waals surface area (Å²) >= 11 is 0. The van der Waals surface area contributed by atoms with E-state index in [1.54, 1.807) is 0 Å². The van der Waals surface area contributed by atoms with Gasteiger partial charge in [-0.3, -0.25) is 4.79 Å². The van der Waals surface area contributed by atoms with Crippen molar-refractivity contribution in [1.29, 1.82) is 0 Å². The van der Waals surface area contributed by atoms with Crippen LogP contribution in [0.5, 0.6) is 0 Å². The molecule has 58 valence electrons. The summed E-state index contributed by atoms with van der Waals surface area (Å²) in [5.41, 5.74) is 0. The molecule has 0 radical (unpaired) electrons. The molecule has 2 heteroatoms. The number of rotatable bonds is 2. The lowest BCUT2D eigenvalue weighted by Crippen LogP contribution is -2.32. The lowest BCUT2D eigenvalue weighted by Gasteiger charge is -2.21. The Morgan fingerprint density at radius 2 is 2.10 bits per heavy atom. The highest BCUT2D eigenvalue weighted by molar-refractivity contribution is 5.79. The average molecular weight is 141 g/mol. The lowest BCUT2D eigenvalue weighted by atomic mass is 9.94. The number of ketones is 1. The zero-order valence-electron chi connectivity index (χ0n) is 6.52. The Balaban J connectivity index is 2.19. The highest BCUT2D eigenvalue weighted by Crippen LogP contribution is 2.13. The fourth-order valence-electron chi connectivity index (χ4n) is 1.43. The molecule has 0 aliphatic heterocycles. The van der Waals surface area contributed by atoms with Crippen molar-refractivity contribution < 1.29 is 4.79 Å². The molecule has 1 saturated carbocycles. The zero-order chi connectivity index (χ0) is 7.40. The summed E-state index contributed by atoms with van der Waals surface area (Å²) in [4.78, 5) is 10.8. The maximum atomic E-state index is 10.8. The molecule has 0 spiro atoms. The highest BCUT2D eigenvalue weighted by Gasteiger charge is 2.16. The molecular weight excluding hydrogens is 126 g/mol. The molecule has 0 bridgehead atoms. The number of carbonyl (C=O) groups excluding carboxylic acids is 1. The molecular formula is C8H15NO.